The lowest BCUT2D eigenvalue weighted by Gasteiger charge is -2.65. The Hall–Kier alpha value is -0.810. The number of hydrogen-bond donors (Lipinski definition) is 2. The van der Waals surface area contributed by atoms with E-state index in [-0.39, 0.29) is 12.0 Å². The molecule has 0 bridgehead atoms. The van der Waals surface area contributed by atoms with Gasteiger partial charge in [-0.1, -0.05) is 53.9 Å². The molecule has 35 heavy (non-hydrogen) atoms. The third kappa shape index (κ3) is 4.67. The van der Waals surface area contributed by atoms with Gasteiger partial charge in [0.15, 0.2) is 0 Å². The molecule has 4 saturated carbocycles. The molecule has 0 saturated heterocycles. The summed E-state index contributed by atoms with van der Waals surface area (Å²) in [5.41, 5.74) is -1.19. The maximum Gasteiger partial charge on any atom is 0.508 e. The van der Waals surface area contributed by atoms with Gasteiger partial charge in [0.25, 0.3) is 0 Å². The fourth-order valence-electron chi connectivity index (χ4n) is 9.66. The molecule has 4 aliphatic rings. The van der Waals surface area contributed by atoms with Crippen molar-refractivity contribution in [3.05, 3.63) is 0 Å². The van der Waals surface area contributed by atoms with Crippen molar-refractivity contribution in [3.8, 4) is 0 Å². The summed E-state index contributed by atoms with van der Waals surface area (Å²) in [4.78, 5) is 11.9. The highest BCUT2D eigenvalue weighted by Crippen LogP contribution is 2.69. The number of carbonyl (C=O) groups is 1. The van der Waals surface area contributed by atoms with Gasteiger partial charge < -0.3 is 19.7 Å². The lowest BCUT2D eigenvalue weighted by molar-refractivity contribution is -0.265. The standard InChI is InChI=1S/C30H52O5/c1-7-34-27(32)35-21-13-16-29(6)25-14-15-28(5)23(20(4)10-8-9-19(2)3)11-12-24(28)22(25)17-26(31)30(29,33)18-21/h19-26,31,33H,7-18H2,1-6H3/t20-,21+,22?,23?,24?,25?,26-,28-,29-,30+/m1/s1. The maximum absolute atomic E-state index is 12.0. The quantitative estimate of drug-likeness (QED) is 0.385. The monoisotopic (exact) mass is 492 g/mol. The molecule has 202 valence electrons. The van der Waals surface area contributed by atoms with E-state index in [1.807, 2.05) is 0 Å². The van der Waals surface area contributed by atoms with Crippen LogP contribution in [0.4, 0.5) is 4.79 Å². The van der Waals surface area contributed by atoms with Gasteiger partial charge in [-0.3, -0.25) is 0 Å². The normalized spacial score (nSPS) is 45.9. The van der Waals surface area contributed by atoms with Crippen molar-refractivity contribution in [2.75, 3.05) is 6.61 Å². The first-order valence-electron chi connectivity index (χ1n) is 14.7. The second kappa shape index (κ2) is 10.2. The third-order valence-electron chi connectivity index (χ3n) is 11.5. The molecule has 0 aromatic carbocycles. The maximum atomic E-state index is 12.0. The summed E-state index contributed by atoms with van der Waals surface area (Å²) in [6, 6.07) is 0. The first-order chi connectivity index (χ1) is 16.5. The minimum absolute atomic E-state index is 0.275. The Labute approximate surface area is 213 Å². The summed E-state index contributed by atoms with van der Waals surface area (Å²) in [7, 11) is 0. The number of carbonyl (C=O) groups excluding carboxylic acids is 1. The van der Waals surface area contributed by atoms with Crippen LogP contribution in [0.1, 0.15) is 112 Å². The van der Waals surface area contributed by atoms with Crippen molar-refractivity contribution in [2.45, 2.75) is 130 Å². The van der Waals surface area contributed by atoms with Gasteiger partial charge in [0.2, 0.25) is 0 Å². The summed E-state index contributed by atoms with van der Waals surface area (Å²) < 4.78 is 10.5. The summed E-state index contributed by atoms with van der Waals surface area (Å²) in [6.45, 7) is 14.0. The second-order valence-corrected chi connectivity index (χ2v) is 13.7. The molecule has 4 aliphatic carbocycles. The van der Waals surface area contributed by atoms with E-state index in [9.17, 15) is 15.0 Å². The van der Waals surface area contributed by atoms with E-state index in [1.165, 1.54) is 38.5 Å². The topological polar surface area (TPSA) is 76.0 Å². The van der Waals surface area contributed by atoms with Crippen molar-refractivity contribution in [2.24, 2.45) is 46.3 Å². The molecule has 0 heterocycles. The molecule has 0 aromatic heterocycles. The highest BCUT2D eigenvalue weighted by molar-refractivity contribution is 5.60. The van der Waals surface area contributed by atoms with Crippen molar-refractivity contribution >= 4 is 6.16 Å². The van der Waals surface area contributed by atoms with E-state index in [4.69, 9.17) is 9.47 Å². The average Bonchev–Trinajstić information content (AvgIpc) is 3.13. The average molecular weight is 493 g/mol. The molecule has 5 nitrogen and oxygen atoms in total. The molecule has 4 fully saturated rings. The van der Waals surface area contributed by atoms with Crippen LogP contribution in [0.3, 0.4) is 0 Å². The van der Waals surface area contributed by atoms with Crippen LogP contribution in [0, 0.1) is 46.3 Å². The second-order valence-electron chi connectivity index (χ2n) is 13.7. The number of fused-ring (bicyclic) bond motifs is 5. The zero-order valence-corrected chi connectivity index (χ0v) is 23.2. The fraction of sp³-hybridized carbons (Fsp3) is 0.967. The third-order valence-corrected chi connectivity index (χ3v) is 11.5. The van der Waals surface area contributed by atoms with Gasteiger partial charge in [0.1, 0.15) is 6.10 Å². The van der Waals surface area contributed by atoms with Gasteiger partial charge in [-0.25, -0.2) is 4.79 Å². The summed E-state index contributed by atoms with van der Waals surface area (Å²) in [5, 5.41) is 23.4. The highest BCUT2D eigenvalue weighted by atomic mass is 16.7. The molecule has 2 N–H and O–H groups in total. The smallest absolute Gasteiger partial charge is 0.435 e. The van der Waals surface area contributed by atoms with Crippen LogP contribution >= 0.6 is 0 Å². The van der Waals surface area contributed by atoms with E-state index in [0.717, 1.165) is 37.0 Å². The fourth-order valence-corrected chi connectivity index (χ4v) is 9.66. The van der Waals surface area contributed by atoms with Crippen molar-refractivity contribution in [1.82, 2.24) is 0 Å². The van der Waals surface area contributed by atoms with Gasteiger partial charge in [0.05, 0.1) is 18.3 Å². The van der Waals surface area contributed by atoms with E-state index in [2.05, 4.69) is 34.6 Å². The molecule has 5 heteroatoms. The van der Waals surface area contributed by atoms with E-state index in [0.29, 0.717) is 36.0 Å². The zero-order valence-electron chi connectivity index (χ0n) is 23.2. The Morgan fingerprint density at radius 2 is 1.77 bits per heavy atom. The van der Waals surface area contributed by atoms with Crippen LogP contribution in [0.15, 0.2) is 0 Å². The van der Waals surface area contributed by atoms with E-state index >= 15 is 0 Å². The van der Waals surface area contributed by atoms with Gasteiger partial charge >= 0.3 is 6.16 Å². The Morgan fingerprint density at radius 3 is 2.46 bits per heavy atom. The SMILES string of the molecule is CCOC(=O)O[C@H]1CC[C@]2(C)C3CC[C@@]4(C)C(CCC4[C@H](C)CCCC(C)C)C3C[C@@H](O)[C@@]2(O)C1. The Kier molecular flexibility index (Phi) is 7.90. The van der Waals surface area contributed by atoms with Crippen molar-refractivity contribution in [1.29, 1.82) is 0 Å². The lowest BCUT2D eigenvalue weighted by atomic mass is 9.42. The number of ether oxygens (including phenoxy) is 2. The first kappa shape index (κ1) is 27.2. The van der Waals surface area contributed by atoms with Crippen LogP contribution in [0.25, 0.3) is 0 Å². The van der Waals surface area contributed by atoms with Crippen LogP contribution in [-0.2, 0) is 9.47 Å². The van der Waals surface area contributed by atoms with E-state index in [1.54, 1.807) is 6.92 Å². The van der Waals surface area contributed by atoms with Gasteiger partial charge in [0, 0.05) is 11.8 Å². The largest absolute Gasteiger partial charge is 0.508 e. The number of hydrogen-bond acceptors (Lipinski definition) is 5. The first-order valence-corrected chi connectivity index (χ1v) is 14.7. The number of aliphatic hydroxyl groups is 2. The lowest BCUT2D eigenvalue weighted by Crippen LogP contribution is -2.68. The molecule has 0 aromatic rings. The van der Waals surface area contributed by atoms with Gasteiger partial charge in [-0.15, -0.1) is 0 Å². The van der Waals surface area contributed by atoms with Crippen molar-refractivity contribution in [3.63, 3.8) is 0 Å². The van der Waals surface area contributed by atoms with Crippen LogP contribution in [0.2, 0.25) is 0 Å². The molecule has 0 spiro atoms. The number of rotatable bonds is 7. The van der Waals surface area contributed by atoms with Gasteiger partial charge in [-0.2, -0.15) is 0 Å². The van der Waals surface area contributed by atoms with E-state index < -0.39 is 24.0 Å². The highest BCUT2D eigenvalue weighted by Gasteiger charge is 2.67. The molecule has 0 aliphatic heterocycles. The van der Waals surface area contributed by atoms with Crippen LogP contribution < -0.4 is 0 Å². The predicted octanol–water partition coefficient (Wildman–Crippen LogP) is 6.74. The summed E-state index contributed by atoms with van der Waals surface area (Å²) in [5.74, 6) is 3.86. The zero-order chi connectivity index (χ0) is 25.6. The molecular weight excluding hydrogens is 440 g/mol. The molecule has 0 radical (unpaired) electrons. The molecule has 10 atom stereocenters. The molecular formula is C30H52O5. The Bertz CT molecular complexity index is 753. The summed E-state index contributed by atoms with van der Waals surface area (Å²) in [6.07, 6.45) is 9.63. The Balaban J connectivity index is 1.48. The minimum Gasteiger partial charge on any atom is -0.435 e. The van der Waals surface area contributed by atoms with Crippen LogP contribution in [-0.4, -0.2) is 40.8 Å². The Morgan fingerprint density at radius 1 is 1.03 bits per heavy atom. The minimum atomic E-state index is -1.21. The molecule has 4 unspecified atom stereocenters. The predicted molar refractivity (Wildman–Crippen MR) is 138 cm³/mol. The summed E-state index contributed by atoms with van der Waals surface area (Å²) >= 11 is 0. The molecule has 4 rings (SSSR count). The molecule has 0 amide bonds. The number of aliphatic hydroxyl groups excluding tert-OH is 1. The van der Waals surface area contributed by atoms with Crippen molar-refractivity contribution < 1.29 is 24.5 Å². The van der Waals surface area contributed by atoms with Crippen LogP contribution in [0.5, 0.6) is 0 Å². The van der Waals surface area contributed by atoms with Gasteiger partial charge in [-0.05, 0) is 92.8 Å².